The summed E-state index contributed by atoms with van der Waals surface area (Å²) in [5.41, 5.74) is 7.29. The van der Waals surface area contributed by atoms with Crippen molar-refractivity contribution in [3.63, 3.8) is 0 Å². The number of methoxy groups -OCH3 is 1. The van der Waals surface area contributed by atoms with Gasteiger partial charge in [0.05, 0.1) is 7.11 Å². The van der Waals surface area contributed by atoms with E-state index < -0.39 is 5.91 Å². The van der Waals surface area contributed by atoms with E-state index in [0.717, 1.165) is 0 Å². The molecule has 0 spiro atoms. The first kappa shape index (κ1) is 11.9. The Morgan fingerprint density at radius 3 is 2.69 bits per heavy atom. The molecule has 6 heteroatoms. The third-order valence-corrected chi connectivity index (χ3v) is 1.20. The van der Waals surface area contributed by atoms with Gasteiger partial charge in [0.15, 0.2) is 0 Å². The second kappa shape index (κ2) is 7.51. The van der Waals surface area contributed by atoms with Crippen LogP contribution in [0.2, 0.25) is 0 Å². The second-order valence-electron chi connectivity index (χ2n) is 2.33. The molecule has 0 aliphatic heterocycles. The van der Waals surface area contributed by atoms with Crippen LogP contribution in [0.15, 0.2) is 0 Å². The van der Waals surface area contributed by atoms with Crippen LogP contribution < -0.4 is 11.2 Å². The first-order chi connectivity index (χ1) is 6.16. The van der Waals surface area contributed by atoms with Crippen molar-refractivity contribution in [3.05, 3.63) is 0 Å². The van der Waals surface area contributed by atoms with Crippen molar-refractivity contribution in [2.45, 2.75) is 12.8 Å². The monoisotopic (exact) mass is 190 g/mol. The van der Waals surface area contributed by atoms with Gasteiger partial charge in [-0.2, -0.15) is 0 Å². The number of carbonyl (C=O) groups is 2. The Hall–Kier alpha value is -1.14. The zero-order chi connectivity index (χ0) is 10.1. The number of primary amides is 1. The molecule has 0 aromatic rings. The van der Waals surface area contributed by atoms with Crippen LogP contribution in [-0.2, 0) is 19.2 Å². The topological polar surface area (TPSA) is 90.7 Å². The highest BCUT2D eigenvalue weighted by Gasteiger charge is 1.99. The minimum atomic E-state index is -0.541. The molecular formula is C7H14N2O4. The van der Waals surface area contributed by atoms with E-state index in [1.807, 2.05) is 0 Å². The van der Waals surface area contributed by atoms with Crippen LogP contribution in [0, 0.1) is 0 Å². The van der Waals surface area contributed by atoms with Crippen LogP contribution in [0.4, 0.5) is 0 Å². The fourth-order valence-corrected chi connectivity index (χ4v) is 0.601. The zero-order valence-corrected chi connectivity index (χ0v) is 7.54. The summed E-state index contributed by atoms with van der Waals surface area (Å²) in [5, 5.41) is 0. The molecule has 0 unspecified atom stereocenters. The highest BCUT2D eigenvalue weighted by molar-refractivity contribution is 5.74. The van der Waals surface area contributed by atoms with Gasteiger partial charge in [-0.25, -0.2) is 5.48 Å². The van der Waals surface area contributed by atoms with E-state index >= 15 is 0 Å². The highest BCUT2D eigenvalue weighted by Crippen LogP contribution is 1.89. The van der Waals surface area contributed by atoms with Crippen molar-refractivity contribution >= 4 is 11.9 Å². The van der Waals surface area contributed by atoms with E-state index in [4.69, 9.17) is 5.73 Å². The highest BCUT2D eigenvalue weighted by atomic mass is 16.6. The predicted molar refractivity (Wildman–Crippen MR) is 44.4 cm³/mol. The molecule has 0 heterocycles. The summed E-state index contributed by atoms with van der Waals surface area (Å²) in [6, 6.07) is 0. The number of amides is 1. The molecule has 0 saturated heterocycles. The van der Waals surface area contributed by atoms with Gasteiger partial charge in [-0.15, -0.1) is 0 Å². The van der Waals surface area contributed by atoms with E-state index in [1.165, 1.54) is 7.11 Å². The van der Waals surface area contributed by atoms with Crippen LogP contribution in [0.5, 0.6) is 0 Å². The van der Waals surface area contributed by atoms with E-state index in [2.05, 4.69) is 15.1 Å². The molecule has 0 radical (unpaired) electrons. The van der Waals surface area contributed by atoms with Crippen molar-refractivity contribution in [2.24, 2.45) is 5.73 Å². The van der Waals surface area contributed by atoms with E-state index in [-0.39, 0.29) is 12.6 Å². The molecule has 76 valence electrons. The summed E-state index contributed by atoms with van der Waals surface area (Å²) in [6.45, 7) is 0.306. The second-order valence-corrected chi connectivity index (χ2v) is 2.33. The Morgan fingerprint density at radius 2 is 2.15 bits per heavy atom. The van der Waals surface area contributed by atoms with Gasteiger partial charge in [0, 0.05) is 13.0 Å². The van der Waals surface area contributed by atoms with Gasteiger partial charge >= 0.3 is 5.97 Å². The zero-order valence-electron chi connectivity index (χ0n) is 7.54. The number of nitrogens with one attached hydrogen (secondary N) is 1. The molecule has 0 aliphatic rings. The van der Waals surface area contributed by atoms with Gasteiger partial charge in [-0.1, -0.05) is 0 Å². The molecule has 13 heavy (non-hydrogen) atoms. The lowest BCUT2D eigenvalue weighted by Crippen LogP contribution is -2.25. The lowest BCUT2D eigenvalue weighted by molar-refractivity contribution is -0.141. The van der Waals surface area contributed by atoms with Gasteiger partial charge in [0.2, 0.25) is 5.91 Å². The van der Waals surface area contributed by atoms with Crippen molar-refractivity contribution in [3.8, 4) is 0 Å². The lowest BCUT2D eigenvalue weighted by atomic mass is 10.3. The first-order valence-corrected chi connectivity index (χ1v) is 3.86. The van der Waals surface area contributed by atoms with E-state index in [1.54, 1.807) is 0 Å². The Morgan fingerprint density at radius 1 is 1.46 bits per heavy atom. The van der Waals surface area contributed by atoms with Gasteiger partial charge < -0.3 is 10.5 Å². The normalized spacial score (nSPS) is 9.62. The van der Waals surface area contributed by atoms with Crippen LogP contribution in [0.25, 0.3) is 0 Å². The third kappa shape index (κ3) is 8.77. The van der Waals surface area contributed by atoms with Gasteiger partial charge in [0.25, 0.3) is 0 Å². The maximum atomic E-state index is 10.6. The SMILES string of the molecule is COC(=O)CCCNOCC(N)=O. The molecule has 0 atom stereocenters. The maximum absolute atomic E-state index is 10.6. The molecule has 0 bridgehead atoms. The van der Waals surface area contributed by atoms with Crippen molar-refractivity contribution in [2.75, 3.05) is 20.3 Å². The summed E-state index contributed by atoms with van der Waals surface area (Å²) < 4.78 is 4.41. The van der Waals surface area contributed by atoms with Gasteiger partial charge in [0.1, 0.15) is 6.61 Å². The molecule has 0 fully saturated rings. The summed E-state index contributed by atoms with van der Waals surface area (Å²) >= 11 is 0. The van der Waals surface area contributed by atoms with Crippen LogP contribution >= 0.6 is 0 Å². The van der Waals surface area contributed by atoms with Crippen molar-refractivity contribution in [1.82, 2.24) is 5.48 Å². The minimum absolute atomic E-state index is 0.168. The predicted octanol–water partition coefficient (Wildman–Crippen LogP) is -1.05. The number of hydroxylamine groups is 1. The summed E-state index contributed by atoms with van der Waals surface area (Å²) in [6.07, 6.45) is 0.912. The summed E-state index contributed by atoms with van der Waals surface area (Å²) in [4.78, 5) is 25.4. The van der Waals surface area contributed by atoms with E-state index in [9.17, 15) is 9.59 Å². The average Bonchev–Trinajstić information content (AvgIpc) is 2.10. The largest absolute Gasteiger partial charge is 0.469 e. The number of rotatable bonds is 7. The summed E-state index contributed by atoms with van der Waals surface area (Å²) in [7, 11) is 1.33. The Kier molecular flexibility index (Phi) is 6.85. The molecule has 0 aliphatic carbocycles. The lowest BCUT2D eigenvalue weighted by Gasteiger charge is -2.02. The van der Waals surface area contributed by atoms with Gasteiger partial charge in [-0.05, 0) is 6.42 Å². The van der Waals surface area contributed by atoms with Crippen molar-refractivity contribution < 1.29 is 19.2 Å². The molecule has 0 rings (SSSR count). The molecule has 3 N–H and O–H groups in total. The van der Waals surface area contributed by atoms with Crippen LogP contribution in [-0.4, -0.2) is 32.1 Å². The fourth-order valence-electron chi connectivity index (χ4n) is 0.601. The molecular weight excluding hydrogens is 176 g/mol. The number of esters is 1. The smallest absolute Gasteiger partial charge is 0.305 e. The molecule has 0 aromatic heterocycles. The number of nitrogens with two attached hydrogens (primary N) is 1. The van der Waals surface area contributed by atoms with Crippen LogP contribution in [0.3, 0.4) is 0 Å². The molecule has 0 saturated carbocycles. The van der Waals surface area contributed by atoms with Crippen LogP contribution in [0.1, 0.15) is 12.8 Å². The van der Waals surface area contributed by atoms with Crippen molar-refractivity contribution in [1.29, 1.82) is 0 Å². The molecule has 6 nitrogen and oxygen atoms in total. The number of carbonyl (C=O) groups excluding carboxylic acids is 2. The quantitative estimate of drug-likeness (QED) is 0.303. The Bertz CT molecular complexity index is 172. The molecule has 1 amide bonds. The standard InChI is InChI=1S/C7H14N2O4/c1-12-7(11)3-2-4-9-13-5-6(8)10/h9H,2-5H2,1H3,(H2,8,10). The maximum Gasteiger partial charge on any atom is 0.305 e. The first-order valence-electron chi connectivity index (χ1n) is 3.86. The fraction of sp³-hybridized carbons (Fsp3) is 0.714. The van der Waals surface area contributed by atoms with E-state index in [0.29, 0.717) is 19.4 Å². The number of hydrogen-bond donors (Lipinski definition) is 2. The third-order valence-electron chi connectivity index (χ3n) is 1.20. The Labute approximate surface area is 76.3 Å². The average molecular weight is 190 g/mol. The number of hydrogen-bond acceptors (Lipinski definition) is 5. The minimum Gasteiger partial charge on any atom is -0.469 e. The van der Waals surface area contributed by atoms with Gasteiger partial charge in [-0.3, -0.25) is 14.4 Å². The number of ether oxygens (including phenoxy) is 1. The molecule has 0 aromatic carbocycles. The summed E-state index contributed by atoms with van der Waals surface area (Å²) in [5.74, 6) is -0.808. The Balaban J connectivity index is 3.08.